The number of aliphatic hydroxyl groups is 2. The number of hydrogen-bond acceptors (Lipinski definition) is 6. The number of benzene rings is 3. The molecule has 0 amide bonds. The summed E-state index contributed by atoms with van der Waals surface area (Å²) in [6.45, 7) is 1.34. The first kappa shape index (κ1) is 25.5. The summed E-state index contributed by atoms with van der Waals surface area (Å²) in [5.41, 5.74) is 3.11. The maximum absolute atomic E-state index is 14.2. The van der Waals surface area contributed by atoms with E-state index in [4.69, 9.17) is 26.2 Å². The van der Waals surface area contributed by atoms with Crippen molar-refractivity contribution in [2.24, 2.45) is 0 Å². The molecule has 0 aliphatic heterocycles. The molecule has 1 unspecified atom stereocenters. The first-order valence-corrected chi connectivity index (χ1v) is 11.6. The second-order valence-corrected chi connectivity index (χ2v) is 8.70. The number of Topliss-reactive ketones (excluding diaryl/α,β-unsaturated/α-hetero) is 1. The number of H-pyrrole nitrogens is 1. The van der Waals surface area contributed by atoms with Crippen molar-refractivity contribution >= 4 is 34.0 Å². The summed E-state index contributed by atoms with van der Waals surface area (Å²) in [4.78, 5) is 17.1. The first-order chi connectivity index (χ1) is 17.3. The van der Waals surface area contributed by atoms with Crippen molar-refractivity contribution in [1.29, 1.82) is 0 Å². The molecule has 1 atom stereocenters. The second-order valence-electron chi connectivity index (χ2n) is 8.26. The SMILES string of the molecule is COc1cc(NC(C(=O)c2c[nH]c3c(C)cc(F)cc23)c2ccc(Cl)cc2CO)cc(OCCO)c1. The Balaban J connectivity index is 1.83. The van der Waals surface area contributed by atoms with Crippen LogP contribution in [0.15, 0.2) is 54.7 Å². The maximum Gasteiger partial charge on any atom is 0.191 e. The number of aryl methyl sites for hydroxylation is 1. The van der Waals surface area contributed by atoms with Crippen molar-refractivity contribution in [3.05, 3.63) is 87.8 Å². The van der Waals surface area contributed by atoms with Gasteiger partial charge < -0.3 is 30.0 Å². The highest BCUT2D eigenvalue weighted by Gasteiger charge is 2.27. The number of hydrogen-bond donors (Lipinski definition) is 4. The van der Waals surface area contributed by atoms with Gasteiger partial charge in [-0.05, 0) is 47.9 Å². The van der Waals surface area contributed by atoms with Gasteiger partial charge in [-0.1, -0.05) is 17.7 Å². The number of aromatic nitrogens is 1. The van der Waals surface area contributed by atoms with Crippen LogP contribution in [0.25, 0.3) is 10.9 Å². The number of nitrogens with one attached hydrogen (secondary N) is 2. The Morgan fingerprint density at radius 1 is 1.14 bits per heavy atom. The van der Waals surface area contributed by atoms with Gasteiger partial charge in [0.05, 0.1) is 20.3 Å². The van der Waals surface area contributed by atoms with Crippen LogP contribution in [0.1, 0.15) is 33.1 Å². The van der Waals surface area contributed by atoms with Gasteiger partial charge >= 0.3 is 0 Å². The third-order valence-electron chi connectivity index (χ3n) is 5.85. The lowest BCUT2D eigenvalue weighted by atomic mass is 9.93. The first-order valence-electron chi connectivity index (χ1n) is 11.2. The van der Waals surface area contributed by atoms with Crippen LogP contribution < -0.4 is 14.8 Å². The molecule has 1 heterocycles. The van der Waals surface area contributed by atoms with E-state index in [-0.39, 0.29) is 25.6 Å². The van der Waals surface area contributed by atoms with Crippen LogP contribution >= 0.6 is 11.6 Å². The summed E-state index contributed by atoms with van der Waals surface area (Å²) >= 11 is 6.14. The van der Waals surface area contributed by atoms with Crippen molar-refractivity contribution < 1.29 is 28.9 Å². The fraction of sp³-hybridized carbons (Fsp3) is 0.222. The van der Waals surface area contributed by atoms with Crippen molar-refractivity contribution in [3.8, 4) is 11.5 Å². The standard InChI is InChI=1S/C27H26ClFN2O5/c1-15-7-18(29)9-23-24(13-30-25(15)23)27(34)26(22-4-3-17(28)8-16(22)14-33)31-19-10-20(35-2)12-21(11-19)36-6-5-32/h3-4,7-13,26,30-33H,5-6,14H2,1-2H3. The molecule has 0 fully saturated rings. The van der Waals surface area contributed by atoms with Gasteiger partial charge in [0.25, 0.3) is 0 Å². The Bertz CT molecular complexity index is 1400. The number of halogens is 2. The topological polar surface area (TPSA) is 104 Å². The van der Waals surface area contributed by atoms with Gasteiger partial charge in [-0.3, -0.25) is 4.79 Å². The molecule has 3 aromatic carbocycles. The number of aromatic amines is 1. The van der Waals surface area contributed by atoms with E-state index in [0.717, 1.165) is 0 Å². The third-order valence-corrected chi connectivity index (χ3v) is 6.09. The van der Waals surface area contributed by atoms with E-state index in [2.05, 4.69) is 10.3 Å². The Labute approximate surface area is 212 Å². The number of ketones is 1. The fourth-order valence-corrected chi connectivity index (χ4v) is 4.39. The molecule has 36 heavy (non-hydrogen) atoms. The summed E-state index contributed by atoms with van der Waals surface area (Å²) in [5.74, 6) is 0.117. The normalized spacial score (nSPS) is 11.9. The monoisotopic (exact) mass is 512 g/mol. The summed E-state index contributed by atoms with van der Waals surface area (Å²) in [6, 6.07) is 11.7. The van der Waals surface area contributed by atoms with E-state index in [1.807, 2.05) is 0 Å². The highest BCUT2D eigenvalue weighted by molar-refractivity contribution is 6.30. The maximum atomic E-state index is 14.2. The molecule has 0 aliphatic carbocycles. The van der Waals surface area contributed by atoms with Gasteiger partial charge in [0.2, 0.25) is 0 Å². The Kier molecular flexibility index (Phi) is 7.79. The van der Waals surface area contributed by atoms with Crippen molar-refractivity contribution in [2.75, 3.05) is 25.6 Å². The zero-order valence-corrected chi connectivity index (χ0v) is 20.5. The van der Waals surface area contributed by atoms with Gasteiger partial charge in [0, 0.05) is 51.6 Å². The molecule has 7 nitrogen and oxygen atoms in total. The van der Waals surface area contributed by atoms with Crippen LogP contribution in [-0.2, 0) is 6.61 Å². The predicted octanol–water partition coefficient (Wildman–Crippen LogP) is 5.18. The molecule has 0 radical (unpaired) electrons. The molecule has 4 aromatic rings. The summed E-state index contributed by atoms with van der Waals surface area (Å²) in [7, 11) is 1.50. The molecular weight excluding hydrogens is 487 g/mol. The van der Waals surface area contributed by atoms with Crippen LogP contribution in [-0.4, -0.2) is 41.3 Å². The molecule has 0 bridgehead atoms. The highest BCUT2D eigenvalue weighted by Crippen LogP contribution is 2.34. The second kappa shape index (κ2) is 11.0. The minimum absolute atomic E-state index is 0.0844. The lowest BCUT2D eigenvalue weighted by molar-refractivity contribution is 0.0970. The van der Waals surface area contributed by atoms with Gasteiger partial charge in [0.1, 0.15) is 30.0 Å². The highest BCUT2D eigenvalue weighted by atomic mass is 35.5. The largest absolute Gasteiger partial charge is 0.497 e. The zero-order valence-electron chi connectivity index (χ0n) is 19.8. The summed E-state index contributed by atoms with van der Waals surface area (Å²) in [5, 5.41) is 23.2. The lowest BCUT2D eigenvalue weighted by Crippen LogP contribution is -2.23. The molecule has 0 aliphatic rings. The Morgan fingerprint density at radius 2 is 1.92 bits per heavy atom. The number of rotatable bonds is 10. The van der Waals surface area contributed by atoms with E-state index >= 15 is 0 Å². The molecule has 0 saturated heterocycles. The molecule has 0 saturated carbocycles. The van der Waals surface area contributed by atoms with Crippen LogP contribution in [0.5, 0.6) is 11.5 Å². The van der Waals surface area contributed by atoms with E-state index < -0.39 is 11.9 Å². The van der Waals surface area contributed by atoms with Crippen molar-refractivity contribution in [1.82, 2.24) is 4.98 Å². The van der Waals surface area contributed by atoms with Crippen molar-refractivity contribution in [2.45, 2.75) is 19.6 Å². The van der Waals surface area contributed by atoms with Crippen LogP contribution in [0.3, 0.4) is 0 Å². The van der Waals surface area contributed by atoms with Crippen LogP contribution in [0.2, 0.25) is 5.02 Å². The lowest BCUT2D eigenvalue weighted by Gasteiger charge is -2.22. The number of anilines is 1. The number of ether oxygens (including phenoxy) is 2. The van der Waals surface area contributed by atoms with E-state index in [9.17, 15) is 14.3 Å². The zero-order chi connectivity index (χ0) is 25.8. The average Bonchev–Trinajstić information content (AvgIpc) is 3.29. The average molecular weight is 513 g/mol. The number of carbonyl (C=O) groups excluding carboxylic acids is 1. The molecule has 4 rings (SSSR count). The van der Waals surface area contributed by atoms with Crippen LogP contribution in [0, 0.1) is 12.7 Å². The van der Waals surface area contributed by atoms with Gasteiger partial charge in [0.15, 0.2) is 5.78 Å². The van der Waals surface area contributed by atoms with Crippen LogP contribution in [0.4, 0.5) is 10.1 Å². The number of fused-ring (bicyclic) bond motifs is 1. The molecule has 0 spiro atoms. The van der Waals surface area contributed by atoms with E-state index in [0.29, 0.717) is 55.4 Å². The quantitative estimate of drug-likeness (QED) is 0.218. The smallest absolute Gasteiger partial charge is 0.191 e. The van der Waals surface area contributed by atoms with Crippen molar-refractivity contribution in [3.63, 3.8) is 0 Å². The Morgan fingerprint density at radius 3 is 2.64 bits per heavy atom. The predicted molar refractivity (Wildman–Crippen MR) is 137 cm³/mol. The molecule has 9 heteroatoms. The third kappa shape index (κ3) is 5.31. The molecule has 4 N–H and O–H groups in total. The fourth-order valence-electron chi connectivity index (χ4n) is 4.19. The van der Waals surface area contributed by atoms with Gasteiger partial charge in [-0.15, -0.1) is 0 Å². The summed E-state index contributed by atoms with van der Waals surface area (Å²) < 4.78 is 25.2. The number of aliphatic hydroxyl groups excluding tert-OH is 2. The summed E-state index contributed by atoms with van der Waals surface area (Å²) in [6.07, 6.45) is 1.56. The van der Waals surface area contributed by atoms with Gasteiger partial charge in [-0.25, -0.2) is 4.39 Å². The number of carbonyl (C=O) groups is 1. The molecule has 188 valence electrons. The van der Waals surface area contributed by atoms with Gasteiger partial charge in [-0.2, -0.15) is 0 Å². The minimum atomic E-state index is -0.968. The molecule has 1 aromatic heterocycles. The minimum Gasteiger partial charge on any atom is -0.497 e. The molecular formula is C27H26ClFN2O5. The van der Waals surface area contributed by atoms with E-state index in [1.165, 1.54) is 19.2 Å². The number of methoxy groups -OCH3 is 1. The van der Waals surface area contributed by atoms with E-state index in [1.54, 1.807) is 49.5 Å². The Hall–Kier alpha value is -3.59.